The van der Waals surface area contributed by atoms with Crippen LogP contribution in [0.2, 0.25) is 5.02 Å². The molecular formula is C24H21ClFN4O4-. The standard InChI is InChI=1S/C24H22ClFN4O4/c25-18-8-14-17(12-27-21(14)11-19(18)26)23-15-10-22(16(24(31)32)9-20(15)28-13-29-23)34-5-1-2-30-3-6-33-7-4-30/h8-13,27H,1-7H2,(H,31,32)/p-1. The Morgan fingerprint density at radius 1 is 1.21 bits per heavy atom. The Morgan fingerprint density at radius 3 is 2.82 bits per heavy atom. The van der Waals surface area contributed by atoms with E-state index in [2.05, 4.69) is 19.9 Å². The summed E-state index contributed by atoms with van der Waals surface area (Å²) < 4.78 is 25.1. The van der Waals surface area contributed by atoms with Crippen LogP contribution in [-0.4, -0.2) is 65.3 Å². The number of aromatic amines is 1. The molecule has 0 atom stereocenters. The summed E-state index contributed by atoms with van der Waals surface area (Å²) in [5.41, 5.74) is 2.14. The van der Waals surface area contributed by atoms with Gasteiger partial charge in [0.2, 0.25) is 0 Å². The fourth-order valence-corrected chi connectivity index (χ4v) is 4.35. The molecule has 4 aromatic rings. The van der Waals surface area contributed by atoms with Crippen LogP contribution in [0, 0.1) is 5.82 Å². The minimum absolute atomic E-state index is 0.00441. The molecule has 5 rings (SSSR count). The molecule has 0 radical (unpaired) electrons. The summed E-state index contributed by atoms with van der Waals surface area (Å²) in [4.78, 5) is 25.8. The molecule has 0 bridgehead atoms. The number of carboxylic acids is 1. The van der Waals surface area contributed by atoms with Crippen LogP contribution in [0.25, 0.3) is 33.1 Å². The number of benzene rings is 2. The summed E-state index contributed by atoms with van der Waals surface area (Å²) in [5, 5.41) is 13.1. The van der Waals surface area contributed by atoms with E-state index in [4.69, 9.17) is 21.1 Å². The van der Waals surface area contributed by atoms with Gasteiger partial charge in [-0.25, -0.2) is 14.4 Å². The first kappa shape index (κ1) is 22.5. The van der Waals surface area contributed by atoms with E-state index in [1.807, 2.05) is 0 Å². The Labute approximate surface area is 199 Å². The maximum absolute atomic E-state index is 13.9. The van der Waals surface area contributed by atoms with E-state index in [9.17, 15) is 14.3 Å². The highest BCUT2D eigenvalue weighted by Gasteiger charge is 2.17. The number of hydrogen-bond donors (Lipinski definition) is 1. The van der Waals surface area contributed by atoms with Crippen molar-refractivity contribution in [2.24, 2.45) is 0 Å². The summed E-state index contributed by atoms with van der Waals surface area (Å²) >= 11 is 6.01. The summed E-state index contributed by atoms with van der Waals surface area (Å²) in [6.07, 6.45) is 3.79. The molecule has 2 aromatic heterocycles. The third-order valence-electron chi connectivity index (χ3n) is 5.91. The fraction of sp³-hybridized carbons (Fsp3) is 0.292. The number of nitrogens with one attached hydrogen (secondary N) is 1. The predicted molar refractivity (Wildman–Crippen MR) is 124 cm³/mol. The first-order chi connectivity index (χ1) is 16.5. The van der Waals surface area contributed by atoms with Crippen molar-refractivity contribution in [2.45, 2.75) is 6.42 Å². The van der Waals surface area contributed by atoms with Crippen molar-refractivity contribution in [3.05, 3.63) is 53.2 Å². The van der Waals surface area contributed by atoms with E-state index in [0.717, 1.165) is 39.3 Å². The van der Waals surface area contributed by atoms with E-state index >= 15 is 0 Å². The van der Waals surface area contributed by atoms with Crippen LogP contribution >= 0.6 is 11.6 Å². The Bertz CT molecular complexity index is 1370. The molecule has 8 nitrogen and oxygen atoms in total. The zero-order chi connectivity index (χ0) is 23.7. The number of nitrogens with zero attached hydrogens (tertiary/aromatic N) is 3. The molecule has 0 spiro atoms. The summed E-state index contributed by atoms with van der Waals surface area (Å²) in [6.45, 7) is 4.36. The molecule has 10 heteroatoms. The van der Waals surface area contributed by atoms with Gasteiger partial charge in [-0.05, 0) is 30.7 Å². The average molecular weight is 484 g/mol. The number of carbonyl (C=O) groups excluding carboxylic acids is 1. The van der Waals surface area contributed by atoms with Crippen molar-refractivity contribution >= 4 is 39.4 Å². The molecule has 0 amide bonds. The Hall–Kier alpha value is -3.27. The van der Waals surface area contributed by atoms with E-state index in [1.165, 1.54) is 24.5 Å². The van der Waals surface area contributed by atoms with Gasteiger partial charge in [-0.2, -0.15) is 0 Å². The molecule has 1 aliphatic rings. The predicted octanol–water partition coefficient (Wildman–Crippen LogP) is 3.04. The van der Waals surface area contributed by atoms with Crippen LogP contribution in [0.3, 0.4) is 0 Å². The molecule has 1 saturated heterocycles. The van der Waals surface area contributed by atoms with Crippen molar-refractivity contribution in [1.82, 2.24) is 19.9 Å². The van der Waals surface area contributed by atoms with Gasteiger partial charge in [-0.15, -0.1) is 0 Å². The van der Waals surface area contributed by atoms with Crippen LogP contribution in [-0.2, 0) is 4.74 Å². The molecule has 0 aliphatic carbocycles. The van der Waals surface area contributed by atoms with Crippen molar-refractivity contribution in [3.8, 4) is 17.0 Å². The van der Waals surface area contributed by atoms with Crippen LogP contribution < -0.4 is 9.84 Å². The molecule has 176 valence electrons. The Kier molecular flexibility index (Phi) is 6.32. The van der Waals surface area contributed by atoms with Gasteiger partial charge in [0, 0.05) is 53.2 Å². The minimum atomic E-state index is -1.35. The lowest BCUT2D eigenvalue weighted by Crippen LogP contribution is -2.37. The average Bonchev–Trinajstić information content (AvgIpc) is 3.24. The molecular weight excluding hydrogens is 463 g/mol. The van der Waals surface area contributed by atoms with Gasteiger partial charge in [0.05, 0.1) is 42.0 Å². The first-order valence-electron chi connectivity index (χ1n) is 10.9. The molecule has 34 heavy (non-hydrogen) atoms. The van der Waals surface area contributed by atoms with Gasteiger partial charge in [-0.1, -0.05) is 11.6 Å². The molecule has 2 aromatic carbocycles. The number of rotatable bonds is 7. The number of carbonyl (C=O) groups is 1. The zero-order valence-electron chi connectivity index (χ0n) is 18.1. The maximum Gasteiger partial charge on any atom is 0.143 e. The topological polar surface area (TPSA) is 103 Å². The molecule has 0 saturated carbocycles. The number of H-pyrrole nitrogens is 1. The van der Waals surface area contributed by atoms with Gasteiger partial charge < -0.3 is 24.4 Å². The van der Waals surface area contributed by atoms with Gasteiger partial charge in [-0.3, -0.25) is 4.90 Å². The van der Waals surface area contributed by atoms with Crippen LogP contribution in [0.15, 0.2) is 36.8 Å². The molecule has 3 heterocycles. The number of hydrogen-bond acceptors (Lipinski definition) is 7. The first-order valence-corrected chi connectivity index (χ1v) is 11.3. The van der Waals surface area contributed by atoms with Crippen LogP contribution in [0.1, 0.15) is 16.8 Å². The van der Waals surface area contributed by atoms with Crippen molar-refractivity contribution in [2.75, 3.05) is 39.5 Å². The lowest BCUT2D eigenvalue weighted by Gasteiger charge is -2.26. The largest absolute Gasteiger partial charge is 0.545 e. The summed E-state index contributed by atoms with van der Waals surface area (Å²) in [6, 6.07) is 5.90. The lowest BCUT2D eigenvalue weighted by atomic mass is 10.0. The van der Waals surface area contributed by atoms with Gasteiger partial charge in [0.15, 0.2) is 0 Å². The van der Waals surface area contributed by atoms with E-state index in [1.54, 1.807) is 12.3 Å². The lowest BCUT2D eigenvalue weighted by molar-refractivity contribution is -0.255. The zero-order valence-corrected chi connectivity index (χ0v) is 18.9. The van der Waals surface area contributed by atoms with Gasteiger partial charge >= 0.3 is 0 Å². The van der Waals surface area contributed by atoms with Gasteiger partial charge in [0.1, 0.15) is 17.9 Å². The number of fused-ring (bicyclic) bond motifs is 2. The minimum Gasteiger partial charge on any atom is -0.545 e. The monoisotopic (exact) mass is 483 g/mol. The third kappa shape index (κ3) is 4.42. The van der Waals surface area contributed by atoms with Crippen LogP contribution in [0.4, 0.5) is 4.39 Å². The molecule has 1 fully saturated rings. The number of morpholine rings is 1. The Morgan fingerprint density at radius 2 is 2.03 bits per heavy atom. The SMILES string of the molecule is O=C([O-])c1cc2ncnc(-c3c[nH]c4cc(F)c(Cl)cc34)c2cc1OCCCN1CCOCC1. The summed E-state index contributed by atoms with van der Waals surface area (Å²) in [7, 11) is 0. The molecule has 1 aliphatic heterocycles. The second-order valence-electron chi connectivity index (χ2n) is 8.05. The van der Waals surface area contributed by atoms with Crippen molar-refractivity contribution < 1.29 is 23.8 Å². The van der Waals surface area contributed by atoms with Crippen LogP contribution in [0.5, 0.6) is 5.75 Å². The summed E-state index contributed by atoms with van der Waals surface area (Å²) in [5.74, 6) is -1.68. The van der Waals surface area contributed by atoms with E-state index < -0.39 is 11.8 Å². The second-order valence-corrected chi connectivity index (χ2v) is 8.45. The smallest absolute Gasteiger partial charge is 0.143 e. The number of carboxylic acid groups (broad SMARTS) is 1. The number of aromatic nitrogens is 3. The maximum atomic E-state index is 13.9. The van der Waals surface area contributed by atoms with E-state index in [-0.39, 0.29) is 16.3 Å². The number of aromatic carboxylic acids is 1. The highest BCUT2D eigenvalue weighted by Crippen LogP contribution is 2.36. The number of halogens is 2. The number of ether oxygens (including phenoxy) is 2. The normalized spacial score (nSPS) is 14.6. The van der Waals surface area contributed by atoms with Crippen molar-refractivity contribution in [1.29, 1.82) is 0 Å². The Balaban J connectivity index is 1.48. The van der Waals surface area contributed by atoms with E-state index in [0.29, 0.717) is 39.7 Å². The quantitative estimate of drug-likeness (QED) is 0.403. The molecule has 1 N–H and O–H groups in total. The van der Waals surface area contributed by atoms with Crippen molar-refractivity contribution in [3.63, 3.8) is 0 Å². The highest BCUT2D eigenvalue weighted by molar-refractivity contribution is 6.31. The fourth-order valence-electron chi connectivity index (χ4n) is 4.18. The highest BCUT2D eigenvalue weighted by atomic mass is 35.5. The van der Waals surface area contributed by atoms with Gasteiger partial charge in [0.25, 0.3) is 0 Å². The second kappa shape index (κ2) is 9.54. The molecule has 0 unspecified atom stereocenters. The third-order valence-corrected chi connectivity index (χ3v) is 6.20.